The first kappa shape index (κ1) is 14.0. The highest BCUT2D eigenvalue weighted by Crippen LogP contribution is 2.36. The van der Waals surface area contributed by atoms with Crippen molar-refractivity contribution in [2.24, 2.45) is 11.7 Å². The van der Waals surface area contributed by atoms with Gasteiger partial charge in [-0.3, -0.25) is 0 Å². The summed E-state index contributed by atoms with van der Waals surface area (Å²) in [6.45, 7) is 2.12. The van der Waals surface area contributed by atoms with E-state index in [1.165, 1.54) is 4.90 Å². The predicted octanol–water partition coefficient (Wildman–Crippen LogP) is 2.56. The summed E-state index contributed by atoms with van der Waals surface area (Å²) in [7, 11) is 0. The number of halogens is 5. The second-order valence-corrected chi connectivity index (χ2v) is 4.68. The van der Waals surface area contributed by atoms with Crippen LogP contribution in [0.1, 0.15) is 13.3 Å². The monoisotopic (exact) mass is 280 g/mol. The summed E-state index contributed by atoms with van der Waals surface area (Å²) in [4.78, 5) is 1.17. The van der Waals surface area contributed by atoms with Gasteiger partial charge >= 0.3 is 0 Å². The Kier molecular flexibility index (Phi) is 3.66. The number of hydrogen-bond acceptors (Lipinski definition) is 2. The van der Waals surface area contributed by atoms with Crippen molar-refractivity contribution in [3.63, 3.8) is 0 Å². The second kappa shape index (κ2) is 4.96. The van der Waals surface area contributed by atoms with Gasteiger partial charge in [0.2, 0.25) is 5.82 Å². The molecule has 0 aromatic heterocycles. The first-order valence-electron chi connectivity index (χ1n) is 5.88. The molecule has 19 heavy (non-hydrogen) atoms. The molecule has 1 aliphatic rings. The summed E-state index contributed by atoms with van der Waals surface area (Å²) in [6.07, 6.45) is 0.585. The average molecular weight is 280 g/mol. The summed E-state index contributed by atoms with van der Waals surface area (Å²) in [5, 5.41) is 0. The van der Waals surface area contributed by atoms with Crippen LogP contribution in [0, 0.1) is 35.0 Å². The van der Waals surface area contributed by atoms with Crippen molar-refractivity contribution in [1.29, 1.82) is 0 Å². The fourth-order valence-corrected chi connectivity index (χ4v) is 2.49. The zero-order valence-electron chi connectivity index (χ0n) is 10.2. The van der Waals surface area contributed by atoms with Gasteiger partial charge in [0, 0.05) is 19.1 Å². The maximum atomic E-state index is 13.7. The summed E-state index contributed by atoms with van der Waals surface area (Å²) in [5.41, 5.74) is 4.63. The van der Waals surface area contributed by atoms with Crippen LogP contribution in [-0.4, -0.2) is 19.1 Å². The predicted molar refractivity (Wildman–Crippen MR) is 60.2 cm³/mol. The van der Waals surface area contributed by atoms with E-state index < -0.39 is 40.8 Å². The molecule has 2 nitrogen and oxygen atoms in total. The highest BCUT2D eigenvalue weighted by atomic mass is 19.2. The molecule has 0 spiro atoms. The van der Waals surface area contributed by atoms with Crippen LogP contribution < -0.4 is 10.6 Å². The van der Waals surface area contributed by atoms with Gasteiger partial charge in [-0.25, -0.2) is 22.0 Å². The van der Waals surface area contributed by atoms with E-state index in [2.05, 4.69) is 0 Å². The molecule has 1 heterocycles. The van der Waals surface area contributed by atoms with E-state index in [-0.39, 0.29) is 19.0 Å². The first-order chi connectivity index (χ1) is 8.90. The maximum Gasteiger partial charge on any atom is 0.200 e. The van der Waals surface area contributed by atoms with Gasteiger partial charge in [-0.2, -0.15) is 0 Å². The molecular formula is C12H13F5N2. The van der Waals surface area contributed by atoms with Gasteiger partial charge in [0.1, 0.15) is 5.69 Å². The van der Waals surface area contributed by atoms with E-state index in [1.807, 2.05) is 6.92 Å². The van der Waals surface area contributed by atoms with Crippen LogP contribution in [0.25, 0.3) is 0 Å². The van der Waals surface area contributed by atoms with Crippen LogP contribution in [0.3, 0.4) is 0 Å². The van der Waals surface area contributed by atoms with Gasteiger partial charge in [-0.15, -0.1) is 0 Å². The Morgan fingerprint density at radius 2 is 1.47 bits per heavy atom. The molecular weight excluding hydrogens is 267 g/mol. The Balaban J connectivity index is 2.57. The molecule has 1 aromatic rings. The van der Waals surface area contributed by atoms with Gasteiger partial charge < -0.3 is 10.6 Å². The van der Waals surface area contributed by atoms with Crippen LogP contribution in [0.15, 0.2) is 0 Å². The molecule has 0 saturated carbocycles. The Morgan fingerprint density at radius 3 is 1.95 bits per heavy atom. The average Bonchev–Trinajstić information content (AvgIpc) is 2.75. The third kappa shape index (κ3) is 2.05. The number of rotatable bonds is 2. The van der Waals surface area contributed by atoms with Crippen molar-refractivity contribution in [2.45, 2.75) is 19.4 Å². The molecule has 1 fully saturated rings. The quantitative estimate of drug-likeness (QED) is 0.512. The molecule has 7 heteroatoms. The second-order valence-electron chi connectivity index (χ2n) is 4.68. The van der Waals surface area contributed by atoms with Crippen LogP contribution >= 0.6 is 0 Å². The highest BCUT2D eigenvalue weighted by molar-refractivity contribution is 5.52. The lowest BCUT2D eigenvalue weighted by Crippen LogP contribution is -2.39. The standard InChI is InChI=1S/C12H13F5N2/c1-5-2-3-19(6(5)4-18)12-10(16)8(14)7(13)9(15)11(12)17/h5-6H,2-4,18H2,1H3. The normalized spacial score (nSPS) is 23.2. The lowest BCUT2D eigenvalue weighted by atomic mass is 10.0. The molecule has 1 saturated heterocycles. The molecule has 0 radical (unpaired) electrons. The maximum absolute atomic E-state index is 13.7. The van der Waals surface area contributed by atoms with Gasteiger partial charge in [0.05, 0.1) is 0 Å². The summed E-state index contributed by atoms with van der Waals surface area (Å²) in [5.74, 6) is -9.57. The van der Waals surface area contributed by atoms with Crippen molar-refractivity contribution >= 4 is 5.69 Å². The third-order valence-electron chi connectivity index (χ3n) is 3.60. The molecule has 1 aromatic carbocycles. The Morgan fingerprint density at radius 1 is 1.00 bits per heavy atom. The number of anilines is 1. The minimum absolute atomic E-state index is 0.0278. The Labute approximate surface area is 107 Å². The molecule has 0 bridgehead atoms. The minimum Gasteiger partial charge on any atom is -0.362 e. The number of hydrogen-bond donors (Lipinski definition) is 1. The molecule has 1 aliphatic heterocycles. The van der Waals surface area contributed by atoms with Crippen molar-refractivity contribution in [3.8, 4) is 0 Å². The van der Waals surface area contributed by atoms with E-state index in [9.17, 15) is 22.0 Å². The van der Waals surface area contributed by atoms with Crippen molar-refractivity contribution in [3.05, 3.63) is 29.1 Å². The van der Waals surface area contributed by atoms with Crippen LogP contribution in [0.5, 0.6) is 0 Å². The minimum atomic E-state index is -2.14. The molecule has 0 amide bonds. The fraction of sp³-hybridized carbons (Fsp3) is 0.500. The lowest BCUT2D eigenvalue weighted by molar-refractivity contribution is 0.376. The van der Waals surface area contributed by atoms with E-state index in [0.29, 0.717) is 6.42 Å². The van der Waals surface area contributed by atoms with Gasteiger partial charge in [-0.1, -0.05) is 6.92 Å². The zero-order chi connectivity index (χ0) is 14.3. The zero-order valence-corrected chi connectivity index (χ0v) is 10.2. The largest absolute Gasteiger partial charge is 0.362 e. The van der Waals surface area contributed by atoms with Crippen LogP contribution in [0.2, 0.25) is 0 Å². The number of benzene rings is 1. The summed E-state index contributed by atoms with van der Waals surface area (Å²) >= 11 is 0. The Bertz CT molecular complexity index is 476. The molecule has 2 unspecified atom stereocenters. The fourth-order valence-electron chi connectivity index (χ4n) is 2.49. The molecule has 106 valence electrons. The van der Waals surface area contributed by atoms with E-state index >= 15 is 0 Å². The molecule has 0 aliphatic carbocycles. The number of nitrogens with zero attached hydrogens (tertiary/aromatic N) is 1. The summed E-state index contributed by atoms with van der Waals surface area (Å²) < 4.78 is 66.7. The number of nitrogens with two attached hydrogens (primary N) is 1. The van der Waals surface area contributed by atoms with Crippen LogP contribution in [-0.2, 0) is 0 Å². The van der Waals surface area contributed by atoms with Gasteiger partial charge in [0.15, 0.2) is 23.3 Å². The van der Waals surface area contributed by atoms with Crippen molar-refractivity contribution in [2.75, 3.05) is 18.0 Å². The van der Waals surface area contributed by atoms with Gasteiger partial charge in [0.25, 0.3) is 0 Å². The van der Waals surface area contributed by atoms with Crippen molar-refractivity contribution < 1.29 is 22.0 Å². The first-order valence-corrected chi connectivity index (χ1v) is 5.88. The summed E-state index contributed by atoms with van der Waals surface area (Å²) in [6, 6.07) is -0.437. The van der Waals surface area contributed by atoms with E-state index in [1.54, 1.807) is 0 Å². The lowest BCUT2D eigenvalue weighted by Gasteiger charge is -2.28. The SMILES string of the molecule is CC1CCN(c2c(F)c(F)c(F)c(F)c2F)C1CN. The van der Waals surface area contributed by atoms with Crippen molar-refractivity contribution in [1.82, 2.24) is 0 Å². The van der Waals surface area contributed by atoms with Crippen LogP contribution in [0.4, 0.5) is 27.6 Å². The Hall–Kier alpha value is -1.37. The molecule has 2 atom stereocenters. The van der Waals surface area contributed by atoms with E-state index in [0.717, 1.165) is 0 Å². The van der Waals surface area contributed by atoms with E-state index in [4.69, 9.17) is 5.73 Å². The highest BCUT2D eigenvalue weighted by Gasteiger charge is 2.36. The molecule has 2 N–H and O–H groups in total. The molecule has 2 rings (SSSR count). The third-order valence-corrected chi connectivity index (χ3v) is 3.60. The topological polar surface area (TPSA) is 29.3 Å². The smallest absolute Gasteiger partial charge is 0.200 e. The van der Waals surface area contributed by atoms with Gasteiger partial charge in [-0.05, 0) is 12.3 Å².